The molecule has 0 saturated heterocycles. The fourth-order valence-corrected chi connectivity index (χ4v) is 2.10. The highest BCUT2D eigenvalue weighted by Crippen LogP contribution is 2.30. The molecule has 0 aliphatic rings. The summed E-state index contributed by atoms with van der Waals surface area (Å²) in [5.41, 5.74) is 4.45. The second-order valence-corrected chi connectivity index (χ2v) is 5.13. The van der Waals surface area contributed by atoms with Crippen LogP contribution in [0.1, 0.15) is 12.5 Å². The van der Waals surface area contributed by atoms with Gasteiger partial charge in [0.25, 0.3) is 0 Å². The van der Waals surface area contributed by atoms with Crippen LogP contribution in [-0.4, -0.2) is 5.91 Å². The molecule has 0 saturated carbocycles. The molecule has 2 aromatic carbocycles. The third-order valence-electron chi connectivity index (χ3n) is 3.25. The maximum atomic E-state index is 13.7. The van der Waals surface area contributed by atoms with E-state index in [1.165, 1.54) is 37.3 Å². The van der Waals surface area contributed by atoms with Crippen molar-refractivity contribution in [2.45, 2.75) is 12.5 Å². The number of halogens is 3. The Bertz CT molecular complexity index is 693. The number of para-hydroxylation sites is 1. The Morgan fingerprint density at radius 2 is 1.86 bits per heavy atom. The van der Waals surface area contributed by atoms with Gasteiger partial charge >= 0.3 is 0 Å². The van der Waals surface area contributed by atoms with Crippen molar-refractivity contribution < 1.29 is 13.6 Å². The first-order valence-corrected chi connectivity index (χ1v) is 6.50. The summed E-state index contributed by atoms with van der Waals surface area (Å²) in [6, 6.07) is 9.65. The lowest BCUT2D eigenvalue weighted by Crippen LogP contribution is -2.45. The second-order valence-electron chi connectivity index (χ2n) is 4.72. The molecule has 0 spiro atoms. The van der Waals surface area contributed by atoms with Crippen molar-refractivity contribution in [1.29, 1.82) is 0 Å². The molecule has 2 aromatic rings. The molecular weight excluding hydrogens is 298 g/mol. The minimum Gasteiger partial charge on any atom is -0.367 e. The van der Waals surface area contributed by atoms with Gasteiger partial charge in [-0.15, -0.1) is 0 Å². The van der Waals surface area contributed by atoms with Gasteiger partial charge in [-0.3, -0.25) is 4.79 Å². The number of nitrogens with two attached hydrogens (primary N) is 1. The monoisotopic (exact) mass is 310 g/mol. The molecule has 110 valence electrons. The smallest absolute Gasteiger partial charge is 0.247 e. The first kappa shape index (κ1) is 15.3. The molecule has 0 aromatic heterocycles. The number of carbonyl (C=O) groups excluding carboxylic acids is 1. The van der Waals surface area contributed by atoms with E-state index in [1.807, 2.05) is 0 Å². The highest BCUT2D eigenvalue weighted by molar-refractivity contribution is 6.30. The predicted octanol–water partition coefficient (Wildman–Crippen LogP) is 3.43. The largest absolute Gasteiger partial charge is 0.367 e. The molecule has 1 atom stereocenters. The zero-order chi connectivity index (χ0) is 15.6. The van der Waals surface area contributed by atoms with Crippen LogP contribution in [0.2, 0.25) is 5.02 Å². The molecule has 6 heteroatoms. The zero-order valence-corrected chi connectivity index (χ0v) is 11.9. The van der Waals surface area contributed by atoms with Gasteiger partial charge in [0.1, 0.15) is 17.2 Å². The topological polar surface area (TPSA) is 55.1 Å². The lowest BCUT2D eigenvalue weighted by molar-refractivity contribution is -0.122. The van der Waals surface area contributed by atoms with Crippen LogP contribution in [0, 0.1) is 11.6 Å². The summed E-state index contributed by atoms with van der Waals surface area (Å²) in [4.78, 5) is 11.8. The summed E-state index contributed by atoms with van der Waals surface area (Å²) in [6.07, 6.45) is 0. The number of rotatable bonds is 4. The Kier molecular flexibility index (Phi) is 4.14. The Morgan fingerprint density at radius 3 is 2.43 bits per heavy atom. The van der Waals surface area contributed by atoms with Gasteiger partial charge in [-0.1, -0.05) is 29.8 Å². The van der Waals surface area contributed by atoms with Gasteiger partial charge in [0, 0.05) is 0 Å². The zero-order valence-electron chi connectivity index (χ0n) is 11.2. The van der Waals surface area contributed by atoms with Gasteiger partial charge in [0.15, 0.2) is 0 Å². The maximum absolute atomic E-state index is 13.7. The Labute approximate surface area is 125 Å². The van der Waals surface area contributed by atoms with E-state index in [0.29, 0.717) is 5.56 Å². The number of anilines is 1. The van der Waals surface area contributed by atoms with Crippen LogP contribution in [0.3, 0.4) is 0 Å². The summed E-state index contributed by atoms with van der Waals surface area (Å²) in [5.74, 6) is -1.88. The molecular formula is C15H13ClF2N2O. The first-order valence-electron chi connectivity index (χ1n) is 6.13. The molecule has 0 aliphatic carbocycles. The predicted molar refractivity (Wildman–Crippen MR) is 78.0 cm³/mol. The van der Waals surface area contributed by atoms with Gasteiger partial charge in [0.05, 0.1) is 10.7 Å². The highest BCUT2D eigenvalue weighted by atomic mass is 35.5. The van der Waals surface area contributed by atoms with E-state index >= 15 is 0 Å². The van der Waals surface area contributed by atoms with Gasteiger partial charge in [0.2, 0.25) is 5.91 Å². The van der Waals surface area contributed by atoms with Crippen molar-refractivity contribution in [3.63, 3.8) is 0 Å². The third-order valence-corrected chi connectivity index (χ3v) is 3.54. The fourth-order valence-electron chi connectivity index (χ4n) is 1.92. The van der Waals surface area contributed by atoms with Crippen LogP contribution in [0.4, 0.5) is 14.5 Å². The molecule has 0 fully saturated rings. The molecule has 1 amide bonds. The van der Waals surface area contributed by atoms with E-state index in [9.17, 15) is 13.6 Å². The minimum absolute atomic E-state index is 0.110. The van der Waals surface area contributed by atoms with Crippen LogP contribution in [0.5, 0.6) is 0 Å². The Morgan fingerprint density at radius 1 is 1.19 bits per heavy atom. The Balaban J connectivity index is 2.48. The van der Waals surface area contributed by atoms with Gasteiger partial charge in [-0.2, -0.15) is 0 Å². The quantitative estimate of drug-likeness (QED) is 0.909. The first-order chi connectivity index (χ1) is 9.84. The average molecular weight is 311 g/mol. The van der Waals surface area contributed by atoms with Crippen LogP contribution in [0.15, 0.2) is 42.5 Å². The Hall–Kier alpha value is -2.14. The third kappa shape index (κ3) is 2.97. The summed E-state index contributed by atoms with van der Waals surface area (Å²) < 4.78 is 27.0. The van der Waals surface area contributed by atoms with Crippen LogP contribution < -0.4 is 11.1 Å². The number of nitrogens with one attached hydrogen (secondary N) is 1. The summed E-state index contributed by atoms with van der Waals surface area (Å²) in [6.45, 7) is 1.48. The SMILES string of the molecule is CC(Nc1ccccc1F)(C(N)=O)c1ccc(F)c(Cl)c1. The van der Waals surface area contributed by atoms with E-state index in [4.69, 9.17) is 17.3 Å². The molecule has 3 nitrogen and oxygen atoms in total. The average Bonchev–Trinajstić information content (AvgIpc) is 2.44. The lowest BCUT2D eigenvalue weighted by atomic mass is 9.90. The van der Waals surface area contributed by atoms with E-state index in [-0.39, 0.29) is 10.7 Å². The molecule has 21 heavy (non-hydrogen) atoms. The summed E-state index contributed by atoms with van der Waals surface area (Å²) in [7, 11) is 0. The molecule has 0 bridgehead atoms. The van der Waals surface area contributed by atoms with E-state index in [0.717, 1.165) is 6.07 Å². The number of amides is 1. The second kappa shape index (κ2) is 5.69. The molecule has 1 unspecified atom stereocenters. The summed E-state index contributed by atoms with van der Waals surface area (Å²) >= 11 is 5.73. The van der Waals surface area contributed by atoms with Crippen LogP contribution in [0.25, 0.3) is 0 Å². The van der Waals surface area contributed by atoms with E-state index < -0.39 is 23.1 Å². The molecule has 0 radical (unpaired) electrons. The number of benzene rings is 2. The lowest BCUT2D eigenvalue weighted by Gasteiger charge is -2.29. The molecule has 0 aliphatic heterocycles. The number of primary amides is 1. The molecule has 2 rings (SSSR count). The van der Waals surface area contributed by atoms with Gasteiger partial charge < -0.3 is 11.1 Å². The van der Waals surface area contributed by atoms with Gasteiger partial charge in [-0.05, 0) is 36.8 Å². The standard InChI is InChI=1S/C15H13ClF2N2O/c1-15(14(19)21,9-6-7-11(17)10(16)8-9)20-13-5-3-2-4-12(13)18/h2-8,20H,1H3,(H2,19,21). The number of carbonyl (C=O) groups is 1. The van der Waals surface area contributed by atoms with Crippen molar-refractivity contribution in [3.8, 4) is 0 Å². The minimum atomic E-state index is -1.43. The van der Waals surface area contributed by atoms with Crippen molar-refractivity contribution in [3.05, 3.63) is 64.7 Å². The molecule has 3 N–H and O–H groups in total. The highest BCUT2D eigenvalue weighted by Gasteiger charge is 2.34. The number of hydrogen-bond donors (Lipinski definition) is 2. The fraction of sp³-hybridized carbons (Fsp3) is 0.133. The number of hydrogen-bond acceptors (Lipinski definition) is 2. The van der Waals surface area contributed by atoms with Crippen LogP contribution >= 0.6 is 11.6 Å². The maximum Gasteiger partial charge on any atom is 0.247 e. The van der Waals surface area contributed by atoms with Crippen molar-refractivity contribution >= 4 is 23.2 Å². The van der Waals surface area contributed by atoms with Crippen molar-refractivity contribution in [2.24, 2.45) is 5.73 Å². The van der Waals surface area contributed by atoms with E-state index in [1.54, 1.807) is 6.07 Å². The van der Waals surface area contributed by atoms with Crippen LogP contribution in [-0.2, 0) is 10.3 Å². The van der Waals surface area contributed by atoms with Crippen molar-refractivity contribution in [2.75, 3.05) is 5.32 Å². The normalized spacial score (nSPS) is 13.5. The van der Waals surface area contributed by atoms with E-state index in [2.05, 4.69) is 5.32 Å². The van der Waals surface area contributed by atoms with Gasteiger partial charge in [-0.25, -0.2) is 8.78 Å². The molecule has 0 heterocycles. The summed E-state index contributed by atoms with van der Waals surface area (Å²) in [5, 5.41) is 2.61. The van der Waals surface area contributed by atoms with Crippen molar-refractivity contribution in [1.82, 2.24) is 0 Å².